The van der Waals surface area contributed by atoms with Crippen LogP contribution in [0.3, 0.4) is 0 Å². The van der Waals surface area contributed by atoms with Gasteiger partial charge in [-0.2, -0.15) is 0 Å². The van der Waals surface area contributed by atoms with E-state index in [-0.39, 0.29) is 18.2 Å². The molecule has 0 atom stereocenters. The number of hydrogen-bond donors (Lipinski definition) is 1. The number of ether oxygens (including phenoxy) is 2. The van der Waals surface area contributed by atoms with Crippen molar-refractivity contribution >= 4 is 11.4 Å². The molecule has 6 heteroatoms. The molecule has 6 nitrogen and oxygen atoms in total. The molecule has 2 aromatic rings. The lowest BCUT2D eigenvalue weighted by molar-refractivity contribution is -0.383. The van der Waals surface area contributed by atoms with Crippen molar-refractivity contribution in [1.29, 1.82) is 0 Å². The number of nitrogens with two attached hydrogens (primary N) is 1. The second kappa shape index (κ2) is 6.03. The lowest BCUT2D eigenvalue weighted by Crippen LogP contribution is -1.98. The van der Waals surface area contributed by atoms with E-state index in [4.69, 9.17) is 15.2 Å². The zero-order chi connectivity index (χ0) is 14.5. The fourth-order valence-electron chi connectivity index (χ4n) is 1.77. The van der Waals surface area contributed by atoms with Gasteiger partial charge in [-0.1, -0.05) is 12.1 Å². The molecule has 0 aliphatic rings. The van der Waals surface area contributed by atoms with E-state index < -0.39 is 4.92 Å². The summed E-state index contributed by atoms with van der Waals surface area (Å²) in [6, 6.07) is 12.0. The molecule has 0 spiro atoms. The predicted octanol–water partition coefficient (Wildman–Crippen LogP) is 2.83. The minimum absolute atomic E-state index is 0.0891. The first-order valence-electron chi connectivity index (χ1n) is 5.88. The monoisotopic (exact) mass is 274 g/mol. The second-order valence-corrected chi connectivity index (χ2v) is 4.11. The first-order valence-corrected chi connectivity index (χ1v) is 5.88. The molecule has 2 rings (SSSR count). The van der Waals surface area contributed by atoms with Crippen LogP contribution in [0.2, 0.25) is 0 Å². The number of anilines is 1. The standard InChI is InChI=1S/C14H14N2O4/c1-19-9-20-12-5-2-10(3-6-12)11-4-7-14(16(17)18)13(15)8-11/h2-8H,9,15H2,1H3. The van der Waals surface area contributed by atoms with Gasteiger partial charge >= 0.3 is 0 Å². The lowest BCUT2D eigenvalue weighted by atomic mass is 10.0. The van der Waals surface area contributed by atoms with Crippen LogP contribution < -0.4 is 10.5 Å². The summed E-state index contributed by atoms with van der Waals surface area (Å²) in [6.07, 6.45) is 0. The molecule has 0 saturated carbocycles. The molecule has 0 radical (unpaired) electrons. The van der Waals surface area contributed by atoms with Crippen molar-refractivity contribution in [2.45, 2.75) is 0 Å². The van der Waals surface area contributed by atoms with Gasteiger partial charge in [-0.25, -0.2) is 0 Å². The van der Waals surface area contributed by atoms with Crippen molar-refractivity contribution in [2.75, 3.05) is 19.6 Å². The van der Waals surface area contributed by atoms with Crippen LogP contribution in [0.4, 0.5) is 11.4 Å². The highest BCUT2D eigenvalue weighted by Crippen LogP contribution is 2.29. The Balaban J connectivity index is 2.23. The lowest BCUT2D eigenvalue weighted by Gasteiger charge is -2.07. The van der Waals surface area contributed by atoms with Gasteiger partial charge in [-0.05, 0) is 35.4 Å². The Morgan fingerprint density at radius 2 is 1.80 bits per heavy atom. The Morgan fingerprint density at radius 1 is 1.15 bits per heavy atom. The number of nitrogen functional groups attached to an aromatic ring is 1. The van der Waals surface area contributed by atoms with Gasteiger partial charge in [0.25, 0.3) is 5.69 Å². The average molecular weight is 274 g/mol. The van der Waals surface area contributed by atoms with Crippen LogP contribution in [0.1, 0.15) is 0 Å². The summed E-state index contributed by atoms with van der Waals surface area (Å²) in [4.78, 5) is 10.2. The van der Waals surface area contributed by atoms with Crippen LogP contribution in [0.15, 0.2) is 42.5 Å². The summed E-state index contributed by atoms with van der Waals surface area (Å²) < 4.78 is 10.1. The van der Waals surface area contributed by atoms with Crippen LogP contribution in [-0.4, -0.2) is 18.8 Å². The van der Waals surface area contributed by atoms with Gasteiger partial charge in [0.2, 0.25) is 0 Å². The Hall–Kier alpha value is -2.60. The summed E-state index contributed by atoms with van der Waals surface area (Å²) >= 11 is 0. The fraction of sp³-hybridized carbons (Fsp3) is 0.143. The van der Waals surface area contributed by atoms with Crippen LogP contribution >= 0.6 is 0 Å². The van der Waals surface area contributed by atoms with Crippen molar-refractivity contribution in [2.24, 2.45) is 0 Å². The predicted molar refractivity (Wildman–Crippen MR) is 75.4 cm³/mol. The number of nitrogens with zero attached hydrogens (tertiary/aromatic N) is 1. The molecular formula is C14H14N2O4. The van der Waals surface area contributed by atoms with Crippen LogP contribution in [0, 0.1) is 10.1 Å². The van der Waals surface area contributed by atoms with E-state index in [2.05, 4.69) is 0 Å². The van der Waals surface area contributed by atoms with E-state index in [0.717, 1.165) is 11.1 Å². The molecule has 2 aromatic carbocycles. The molecule has 0 saturated heterocycles. The number of methoxy groups -OCH3 is 1. The number of rotatable bonds is 5. The summed E-state index contributed by atoms with van der Waals surface area (Å²) in [5.74, 6) is 0.686. The Labute approximate surface area is 115 Å². The van der Waals surface area contributed by atoms with Crippen molar-refractivity contribution in [1.82, 2.24) is 0 Å². The first kappa shape index (κ1) is 13.8. The van der Waals surface area contributed by atoms with Crippen molar-refractivity contribution in [3.63, 3.8) is 0 Å². The molecule has 0 aliphatic carbocycles. The van der Waals surface area contributed by atoms with Crippen molar-refractivity contribution in [3.8, 4) is 16.9 Å². The van der Waals surface area contributed by atoms with Gasteiger partial charge < -0.3 is 15.2 Å². The zero-order valence-electron chi connectivity index (χ0n) is 10.9. The maximum Gasteiger partial charge on any atom is 0.292 e. The first-order chi connectivity index (χ1) is 9.61. The van der Waals surface area contributed by atoms with Crippen LogP contribution in [-0.2, 0) is 4.74 Å². The van der Waals surface area contributed by atoms with Gasteiger partial charge in [0.1, 0.15) is 11.4 Å². The summed E-state index contributed by atoms with van der Waals surface area (Å²) in [5, 5.41) is 10.7. The topological polar surface area (TPSA) is 87.6 Å². The number of benzene rings is 2. The molecule has 20 heavy (non-hydrogen) atoms. The highest BCUT2D eigenvalue weighted by Gasteiger charge is 2.11. The highest BCUT2D eigenvalue weighted by molar-refractivity contribution is 5.72. The van der Waals surface area contributed by atoms with Gasteiger partial charge in [0.05, 0.1) is 4.92 Å². The molecule has 0 aliphatic heterocycles. The molecule has 2 N–H and O–H groups in total. The van der Waals surface area contributed by atoms with E-state index >= 15 is 0 Å². The molecule has 0 fully saturated rings. The van der Waals surface area contributed by atoms with Crippen molar-refractivity contribution in [3.05, 3.63) is 52.6 Å². The molecule has 0 heterocycles. The van der Waals surface area contributed by atoms with Gasteiger partial charge in [0, 0.05) is 13.2 Å². The fourth-order valence-corrected chi connectivity index (χ4v) is 1.77. The zero-order valence-corrected chi connectivity index (χ0v) is 10.9. The quantitative estimate of drug-likeness (QED) is 0.392. The minimum Gasteiger partial charge on any atom is -0.468 e. The van der Waals surface area contributed by atoms with E-state index in [1.165, 1.54) is 6.07 Å². The summed E-state index contributed by atoms with van der Waals surface area (Å²) in [6.45, 7) is 0.184. The third kappa shape index (κ3) is 3.04. The maximum atomic E-state index is 10.7. The van der Waals surface area contributed by atoms with Gasteiger partial charge in [-0.15, -0.1) is 0 Å². The number of nitro groups is 1. The van der Waals surface area contributed by atoms with Crippen LogP contribution in [0.5, 0.6) is 5.75 Å². The third-order valence-corrected chi connectivity index (χ3v) is 2.76. The van der Waals surface area contributed by atoms with E-state index in [0.29, 0.717) is 5.75 Å². The van der Waals surface area contributed by atoms with Crippen LogP contribution in [0.25, 0.3) is 11.1 Å². The summed E-state index contributed by atoms with van der Waals surface area (Å²) in [7, 11) is 1.55. The average Bonchev–Trinajstić information content (AvgIpc) is 2.45. The molecule has 0 bridgehead atoms. The summed E-state index contributed by atoms with van der Waals surface area (Å²) in [5.41, 5.74) is 7.44. The molecular weight excluding hydrogens is 260 g/mol. The Bertz CT molecular complexity index is 611. The van der Waals surface area contributed by atoms with Gasteiger partial charge in [0.15, 0.2) is 6.79 Å². The molecule has 0 unspecified atom stereocenters. The number of nitro benzene ring substituents is 1. The molecule has 0 amide bonds. The molecule has 104 valence electrons. The SMILES string of the molecule is COCOc1ccc(-c2ccc([N+](=O)[O-])c(N)c2)cc1. The molecule has 0 aromatic heterocycles. The minimum atomic E-state index is -0.499. The second-order valence-electron chi connectivity index (χ2n) is 4.11. The van der Waals surface area contributed by atoms with E-state index in [1.54, 1.807) is 31.4 Å². The van der Waals surface area contributed by atoms with E-state index in [9.17, 15) is 10.1 Å². The van der Waals surface area contributed by atoms with Gasteiger partial charge in [-0.3, -0.25) is 10.1 Å². The normalized spacial score (nSPS) is 10.2. The van der Waals surface area contributed by atoms with Crippen molar-refractivity contribution < 1.29 is 14.4 Å². The number of hydrogen-bond acceptors (Lipinski definition) is 5. The third-order valence-electron chi connectivity index (χ3n) is 2.76. The largest absolute Gasteiger partial charge is 0.468 e. The highest BCUT2D eigenvalue weighted by atomic mass is 16.7. The smallest absolute Gasteiger partial charge is 0.292 e. The Morgan fingerprint density at radius 3 is 2.35 bits per heavy atom. The maximum absolute atomic E-state index is 10.7. The van der Waals surface area contributed by atoms with E-state index in [1.807, 2.05) is 12.1 Å². The Kier molecular flexibility index (Phi) is 4.17.